The van der Waals surface area contributed by atoms with Crippen molar-refractivity contribution in [2.75, 3.05) is 11.9 Å². The number of aryl methyl sites for hydroxylation is 1. The summed E-state index contributed by atoms with van der Waals surface area (Å²) in [5, 5.41) is 4.15. The number of nitrogens with one attached hydrogen (secondary N) is 1. The van der Waals surface area contributed by atoms with Gasteiger partial charge in [0.1, 0.15) is 5.82 Å². The Morgan fingerprint density at radius 2 is 2.00 bits per heavy atom. The molecule has 2 rings (SSSR count). The van der Waals surface area contributed by atoms with Gasteiger partial charge in [0.05, 0.1) is 20.2 Å². The van der Waals surface area contributed by atoms with Crippen LogP contribution in [0.2, 0.25) is 10.0 Å². The molecule has 19 heavy (non-hydrogen) atoms. The fourth-order valence-electron chi connectivity index (χ4n) is 1.64. The minimum Gasteiger partial charge on any atom is -0.369 e. The van der Waals surface area contributed by atoms with Gasteiger partial charge in [0, 0.05) is 12.1 Å². The number of rotatable bonds is 3. The van der Waals surface area contributed by atoms with Crippen molar-refractivity contribution in [1.29, 1.82) is 0 Å². The normalized spacial score (nSPS) is 10.6. The molecule has 1 aromatic heterocycles. The van der Waals surface area contributed by atoms with E-state index < -0.39 is 0 Å². The van der Waals surface area contributed by atoms with Crippen molar-refractivity contribution in [2.24, 2.45) is 0 Å². The Bertz CT molecular complexity index is 617. The van der Waals surface area contributed by atoms with E-state index in [0.717, 1.165) is 28.1 Å². The third-order valence-corrected chi connectivity index (χ3v) is 4.32. The predicted molar refractivity (Wildman–Crippen MR) is 84.1 cm³/mol. The zero-order valence-electron chi connectivity index (χ0n) is 10.5. The van der Waals surface area contributed by atoms with Gasteiger partial charge in [-0.2, -0.15) is 0 Å². The van der Waals surface area contributed by atoms with E-state index in [9.17, 15) is 0 Å². The summed E-state index contributed by atoms with van der Waals surface area (Å²) < 4.78 is 0.858. The highest BCUT2D eigenvalue weighted by Gasteiger charge is 2.14. The maximum absolute atomic E-state index is 6.21. The summed E-state index contributed by atoms with van der Waals surface area (Å²) in [6.45, 7) is 4.70. The van der Waals surface area contributed by atoms with Gasteiger partial charge in [0.2, 0.25) is 0 Å². The maximum atomic E-state index is 6.21. The summed E-state index contributed by atoms with van der Waals surface area (Å²) in [7, 11) is 0. The maximum Gasteiger partial charge on any atom is 0.163 e. The van der Waals surface area contributed by atoms with Crippen LogP contribution in [0.5, 0.6) is 0 Å². The molecule has 0 saturated carbocycles. The van der Waals surface area contributed by atoms with Crippen molar-refractivity contribution < 1.29 is 0 Å². The SMILES string of the molecule is CCNc1nc(-c2cccc(Cl)c2Cl)nc(C)c1Br. The molecule has 100 valence electrons. The molecule has 0 atom stereocenters. The second-order valence-corrected chi connectivity index (χ2v) is 5.51. The molecule has 0 unspecified atom stereocenters. The van der Waals surface area contributed by atoms with Gasteiger partial charge >= 0.3 is 0 Å². The van der Waals surface area contributed by atoms with Gasteiger partial charge in [-0.25, -0.2) is 9.97 Å². The van der Waals surface area contributed by atoms with E-state index in [1.54, 1.807) is 6.07 Å². The molecular formula is C13H12BrCl2N3. The molecule has 1 aromatic carbocycles. The Balaban J connectivity index is 2.59. The second kappa shape index (κ2) is 6.07. The molecule has 0 saturated heterocycles. The van der Waals surface area contributed by atoms with Crippen LogP contribution in [0.4, 0.5) is 5.82 Å². The molecule has 0 aliphatic heterocycles. The Hall–Kier alpha value is -0.840. The lowest BCUT2D eigenvalue weighted by molar-refractivity contribution is 1.06. The molecule has 0 amide bonds. The minimum atomic E-state index is 0.466. The average Bonchev–Trinajstić information content (AvgIpc) is 2.38. The number of anilines is 1. The van der Waals surface area contributed by atoms with Crippen LogP contribution in [0.25, 0.3) is 11.4 Å². The lowest BCUT2D eigenvalue weighted by Gasteiger charge is -2.11. The van der Waals surface area contributed by atoms with Crippen molar-refractivity contribution in [3.8, 4) is 11.4 Å². The summed E-state index contributed by atoms with van der Waals surface area (Å²) in [6.07, 6.45) is 0. The van der Waals surface area contributed by atoms with Crippen LogP contribution in [-0.4, -0.2) is 16.5 Å². The number of halogens is 3. The van der Waals surface area contributed by atoms with Crippen molar-refractivity contribution in [3.05, 3.63) is 38.4 Å². The summed E-state index contributed by atoms with van der Waals surface area (Å²) >= 11 is 15.7. The molecule has 0 aliphatic rings. The van der Waals surface area contributed by atoms with Crippen LogP contribution in [0.3, 0.4) is 0 Å². The first-order valence-corrected chi connectivity index (χ1v) is 7.31. The van der Waals surface area contributed by atoms with Crippen molar-refractivity contribution in [3.63, 3.8) is 0 Å². The van der Waals surface area contributed by atoms with Crippen LogP contribution >= 0.6 is 39.1 Å². The van der Waals surface area contributed by atoms with Gasteiger partial charge in [0.25, 0.3) is 0 Å². The topological polar surface area (TPSA) is 37.8 Å². The fourth-order valence-corrected chi connectivity index (χ4v) is 2.34. The number of hydrogen-bond acceptors (Lipinski definition) is 3. The molecule has 1 N–H and O–H groups in total. The minimum absolute atomic E-state index is 0.466. The number of hydrogen-bond donors (Lipinski definition) is 1. The Kier molecular flexibility index (Phi) is 4.66. The summed E-state index contributed by atoms with van der Waals surface area (Å²) in [5.41, 5.74) is 1.57. The summed E-state index contributed by atoms with van der Waals surface area (Å²) in [4.78, 5) is 8.93. The standard InChI is InChI=1S/C13H12BrCl2N3/c1-3-17-13-10(14)7(2)18-12(19-13)8-5-4-6-9(15)11(8)16/h4-6H,3H2,1-2H3,(H,17,18,19). The third-order valence-electron chi connectivity index (χ3n) is 2.55. The van der Waals surface area contributed by atoms with E-state index >= 15 is 0 Å². The molecule has 0 fully saturated rings. The van der Waals surface area contributed by atoms with Crippen LogP contribution in [0.1, 0.15) is 12.6 Å². The quantitative estimate of drug-likeness (QED) is 0.841. The Morgan fingerprint density at radius 1 is 1.26 bits per heavy atom. The summed E-state index contributed by atoms with van der Waals surface area (Å²) in [5.74, 6) is 1.31. The Labute approximate surface area is 130 Å². The van der Waals surface area contributed by atoms with Crippen LogP contribution in [-0.2, 0) is 0 Å². The van der Waals surface area contributed by atoms with Gasteiger partial charge in [-0.05, 0) is 41.9 Å². The molecule has 0 radical (unpaired) electrons. The van der Waals surface area contributed by atoms with Gasteiger partial charge in [-0.1, -0.05) is 29.3 Å². The van der Waals surface area contributed by atoms with Crippen molar-refractivity contribution in [2.45, 2.75) is 13.8 Å². The highest BCUT2D eigenvalue weighted by Crippen LogP contribution is 2.33. The van der Waals surface area contributed by atoms with Crippen molar-refractivity contribution >= 4 is 44.9 Å². The highest BCUT2D eigenvalue weighted by atomic mass is 79.9. The largest absolute Gasteiger partial charge is 0.369 e. The van der Waals surface area contributed by atoms with Crippen molar-refractivity contribution in [1.82, 2.24) is 9.97 Å². The number of nitrogens with zero attached hydrogens (tertiary/aromatic N) is 2. The zero-order valence-corrected chi connectivity index (χ0v) is 13.6. The lowest BCUT2D eigenvalue weighted by Crippen LogP contribution is -2.04. The smallest absolute Gasteiger partial charge is 0.163 e. The molecular weight excluding hydrogens is 349 g/mol. The average molecular weight is 361 g/mol. The first-order chi connectivity index (χ1) is 9.04. The van der Waals surface area contributed by atoms with Crippen LogP contribution < -0.4 is 5.32 Å². The van der Waals surface area contributed by atoms with E-state index in [1.165, 1.54) is 0 Å². The first kappa shape index (κ1) is 14.6. The number of benzene rings is 1. The molecule has 6 heteroatoms. The fraction of sp³-hybridized carbons (Fsp3) is 0.231. The van der Waals surface area contributed by atoms with Gasteiger partial charge < -0.3 is 5.32 Å². The third kappa shape index (κ3) is 3.02. The zero-order chi connectivity index (χ0) is 14.0. The molecule has 0 bridgehead atoms. The number of aromatic nitrogens is 2. The van der Waals surface area contributed by atoms with E-state index in [1.807, 2.05) is 26.0 Å². The molecule has 3 nitrogen and oxygen atoms in total. The van der Waals surface area contributed by atoms with Crippen LogP contribution in [0, 0.1) is 6.92 Å². The summed E-state index contributed by atoms with van der Waals surface area (Å²) in [6, 6.07) is 5.42. The monoisotopic (exact) mass is 359 g/mol. The van der Waals surface area contributed by atoms with E-state index in [-0.39, 0.29) is 0 Å². The van der Waals surface area contributed by atoms with Crippen LogP contribution in [0.15, 0.2) is 22.7 Å². The van der Waals surface area contributed by atoms with E-state index in [0.29, 0.717) is 15.9 Å². The molecule has 0 aliphatic carbocycles. The van der Waals surface area contributed by atoms with E-state index in [4.69, 9.17) is 23.2 Å². The first-order valence-electron chi connectivity index (χ1n) is 5.77. The second-order valence-electron chi connectivity index (χ2n) is 3.93. The predicted octanol–water partition coefficient (Wildman–Crippen LogP) is 4.95. The van der Waals surface area contributed by atoms with Gasteiger partial charge in [-0.15, -0.1) is 0 Å². The van der Waals surface area contributed by atoms with E-state index in [2.05, 4.69) is 31.2 Å². The highest BCUT2D eigenvalue weighted by molar-refractivity contribution is 9.10. The molecule has 2 aromatic rings. The lowest BCUT2D eigenvalue weighted by atomic mass is 10.2. The molecule has 0 spiro atoms. The van der Waals surface area contributed by atoms with Gasteiger partial charge in [-0.3, -0.25) is 0 Å². The Morgan fingerprint density at radius 3 is 2.68 bits per heavy atom. The molecule has 1 heterocycles. The van der Waals surface area contributed by atoms with Gasteiger partial charge in [0.15, 0.2) is 5.82 Å².